The Morgan fingerprint density at radius 3 is 2.43 bits per heavy atom. The number of hydrogen-bond donors (Lipinski definition) is 1. The van der Waals surface area contributed by atoms with Crippen molar-refractivity contribution in [2.75, 3.05) is 10.2 Å². The summed E-state index contributed by atoms with van der Waals surface area (Å²) in [5.74, 6) is 0.246. The monoisotopic (exact) mass is 378 g/mol. The van der Waals surface area contributed by atoms with Gasteiger partial charge in [0.2, 0.25) is 5.91 Å². The van der Waals surface area contributed by atoms with Crippen molar-refractivity contribution in [1.29, 1.82) is 0 Å². The molecule has 28 heavy (non-hydrogen) atoms. The van der Waals surface area contributed by atoms with Crippen molar-refractivity contribution in [2.45, 2.75) is 77.3 Å². The first-order chi connectivity index (χ1) is 13.7. The molecule has 0 aliphatic carbocycles. The van der Waals surface area contributed by atoms with Crippen LogP contribution in [0, 0.1) is 0 Å². The molecule has 150 valence electrons. The molecule has 1 heterocycles. The van der Waals surface area contributed by atoms with Crippen LogP contribution in [0.4, 0.5) is 11.4 Å². The number of hydrogen-bond acceptors (Lipinski definition) is 2. The molecule has 0 aromatic heterocycles. The zero-order valence-corrected chi connectivity index (χ0v) is 17.4. The number of nitrogens with zero attached hydrogens (tertiary/aromatic N) is 1. The largest absolute Gasteiger partial charge is 0.382 e. The zero-order valence-electron chi connectivity index (χ0n) is 17.4. The number of carbonyl (C=O) groups is 1. The lowest BCUT2D eigenvalue weighted by Crippen LogP contribution is -2.40. The first-order valence-electron chi connectivity index (χ1n) is 10.9. The molecule has 3 nitrogen and oxygen atoms in total. The highest BCUT2D eigenvalue weighted by molar-refractivity contribution is 5.94. The summed E-state index contributed by atoms with van der Waals surface area (Å²) in [4.78, 5) is 15.4. The number of nitrogens with one attached hydrogen (secondary N) is 1. The molecule has 0 radical (unpaired) electrons. The van der Waals surface area contributed by atoms with E-state index in [0.717, 1.165) is 30.6 Å². The third kappa shape index (κ3) is 5.15. The lowest BCUT2D eigenvalue weighted by atomic mass is 9.91. The molecular formula is C25H34N2O. The topological polar surface area (TPSA) is 32.3 Å². The number of benzene rings is 2. The van der Waals surface area contributed by atoms with Crippen LogP contribution in [0.2, 0.25) is 0 Å². The van der Waals surface area contributed by atoms with Gasteiger partial charge in [-0.15, -0.1) is 0 Å². The fraction of sp³-hybridized carbons (Fsp3) is 0.480. The van der Waals surface area contributed by atoms with Crippen LogP contribution >= 0.6 is 0 Å². The Bertz CT molecular complexity index is 743. The molecule has 1 N–H and O–H groups in total. The van der Waals surface area contributed by atoms with Gasteiger partial charge in [-0.25, -0.2) is 0 Å². The van der Waals surface area contributed by atoms with E-state index in [1.165, 1.54) is 31.2 Å². The highest BCUT2D eigenvalue weighted by Crippen LogP contribution is 2.39. The van der Waals surface area contributed by atoms with Gasteiger partial charge in [-0.3, -0.25) is 4.79 Å². The molecule has 2 aromatic rings. The summed E-state index contributed by atoms with van der Waals surface area (Å²) >= 11 is 0. The second-order valence-electron chi connectivity index (χ2n) is 8.00. The van der Waals surface area contributed by atoms with E-state index in [9.17, 15) is 4.79 Å². The molecular weight excluding hydrogens is 344 g/mol. The number of rotatable bonds is 9. The first-order valence-corrected chi connectivity index (χ1v) is 10.9. The molecule has 0 fully saturated rings. The predicted octanol–water partition coefficient (Wildman–Crippen LogP) is 6.72. The normalized spacial score (nSPS) is 18.2. The first kappa shape index (κ1) is 20.4. The van der Waals surface area contributed by atoms with Crippen LogP contribution in [0.1, 0.15) is 76.8 Å². The zero-order chi connectivity index (χ0) is 19.8. The second kappa shape index (κ2) is 10.3. The third-order valence-corrected chi connectivity index (χ3v) is 5.66. The van der Waals surface area contributed by atoms with Gasteiger partial charge in [0.05, 0.1) is 6.04 Å². The smallest absolute Gasteiger partial charge is 0.227 e. The van der Waals surface area contributed by atoms with E-state index in [1.807, 2.05) is 18.2 Å². The van der Waals surface area contributed by atoms with Crippen molar-refractivity contribution in [3.8, 4) is 0 Å². The minimum Gasteiger partial charge on any atom is -0.382 e. The molecule has 3 heteroatoms. The number of anilines is 2. The molecule has 2 atom stereocenters. The van der Waals surface area contributed by atoms with Gasteiger partial charge in [0.1, 0.15) is 0 Å². The SMILES string of the molecule is CCCCCCCCC(=O)N(c1ccccc1)[C@H]1C[C@H](C)Nc2ccccc21. The van der Waals surface area contributed by atoms with Crippen molar-refractivity contribution in [2.24, 2.45) is 0 Å². The van der Waals surface area contributed by atoms with E-state index in [-0.39, 0.29) is 11.9 Å². The average Bonchev–Trinajstić information content (AvgIpc) is 2.71. The van der Waals surface area contributed by atoms with Crippen LogP contribution in [0.3, 0.4) is 0 Å². The predicted molar refractivity (Wildman–Crippen MR) is 119 cm³/mol. The Kier molecular flexibility index (Phi) is 7.53. The van der Waals surface area contributed by atoms with E-state index < -0.39 is 0 Å². The Balaban J connectivity index is 1.78. The van der Waals surface area contributed by atoms with E-state index >= 15 is 0 Å². The van der Waals surface area contributed by atoms with Gasteiger partial charge in [0, 0.05) is 23.8 Å². The van der Waals surface area contributed by atoms with Crippen LogP contribution in [0.25, 0.3) is 0 Å². The second-order valence-corrected chi connectivity index (χ2v) is 8.00. The van der Waals surface area contributed by atoms with Crippen molar-refractivity contribution in [1.82, 2.24) is 0 Å². The van der Waals surface area contributed by atoms with Gasteiger partial charge in [-0.1, -0.05) is 75.4 Å². The van der Waals surface area contributed by atoms with Gasteiger partial charge in [-0.05, 0) is 43.5 Å². The molecule has 1 aliphatic heterocycles. The molecule has 0 spiro atoms. The van der Waals surface area contributed by atoms with Crippen molar-refractivity contribution in [3.05, 3.63) is 60.2 Å². The number of carbonyl (C=O) groups excluding carboxylic acids is 1. The van der Waals surface area contributed by atoms with Crippen LogP contribution in [-0.2, 0) is 4.79 Å². The summed E-state index contributed by atoms with van der Waals surface area (Å²) in [5.41, 5.74) is 3.38. The number of fused-ring (bicyclic) bond motifs is 1. The summed E-state index contributed by atoms with van der Waals surface area (Å²) in [6, 6.07) is 19.0. The van der Waals surface area contributed by atoms with Crippen LogP contribution < -0.4 is 10.2 Å². The molecule has 1 aliphatic rings. The number of unbranched alkanes of at least 4 members (excludes halogenated alkanes) is 5. The van der Waals surface area contributed by atoms with E-state index in [2.05, 4.69) is 60.5 Å². The van der Waals surface area contributed by atoms with Gasteiger partial charge in [-0.2, -0.15) is 0 Å². The molecule has 3 rings (SSSR count). The lowest BCUT2D eigenvalue weighted by Gasteiger charge is -2.39. The molecule has 0 unspecified atom stereocenters. The summed E-state index contributed by atoms with van der Waals surface area (Å²) in [6.07, 6.45) is 8.76. The maximum Gasteiger partial charge on any atom is 0.227 e. The van der Waals surface area contributed by atoms with E-state index in [1.54, 1.807) is 0 Å². The molecule has 0 saturated heterocycles. The fourth-order valence-corrected chi connectivity index (χ4v) is 4.21. The van der Waals surface area contributed by atoms with Crippen LogP contribution in [-0.4, -0.2) is 11.9 Å². The summed E-state index contributed by atoms with van der Waals surface area (Å²) in [7, 11) is 0. The summed E-state index contributed by atoms with van der Waals surface area (Å²) in [5, 5.41) is 3.57. The Labute approximate surface area is 170 Å². The van der Waals surface area contributed by atoms with E-state index in [0.29, 0.717) is 12.5 Å². The number of amides is 1. The highest BCUT2D eigenvalue weighted by Gasteiger charge is 2.32. The van der Waals surface area contributed by atoms with Crippen molar-refractivity contribution >= 4 is 17.3 Å². The molecule has 2 aromatic carbocycles. The van der Waals surface area contributed by atoms with E-state index in [4.69, 9.17) is 0 Å². The number of para-hydroxylation sites is 2. The van der Waals surface area contributed by atoms with Gasteiger partial charge in [0.15, 0.2) is 0 Å². The summed E-state index contributed by atoms with van der Waals surface area (Å²) in [6.45, 7) is 4.43. The molecule has 1 amide bonds. The van der Waals surface area contributed by atoms with Gasteiger partial charge < -0.3 is 10.2 Å². The molecule has 0 bridgehead atoms. The van der Waals surface area contributed by atoms with Crippen LogP contribution in [0.15, 0.2) is 54.6 Å². The quantitative estimate of drug-likeness (QED) is 0.491. The van der Waals surface area contributed by atoms with Crippen molar-refractivity contribution in [3.63, 3.8) is 0 Å². The Morgan fingerprint density at radius 1 is 0.964 bits per heavy atom. The highest BCUT2D eigenvalue weighted by atomic mass is 16.2. The van der Waals surface area contributed by atoms with Crippen LogP contribution in [0.5, 0.6) is 0 Å². The fourth-order valence-electron chi connectivity index (χ4n) is 4.21. The standard InChI is InChI=1S/C25H34N2O/c1-3-4-5-6-7-11-18-25(28)27(21-14-9-8-10-15-21)24-19-20(2)26-23-17-13-12-16-22(23)24/h8-10,12-17,20,24,26H,3-7,11,18-19H2,1-2H3/t20-,24-/m0/s1. The third-order valence-electron chi connectivity index (χ3n) is 5.66. The average molecular weight is 379 g/mol. The minimum absolute atomic E-state index is 0.0856. The minimum atomic E-state index is 0.0856. The Hall–Kier alpha value is -2.29. The van der Waals surface area contributed by atoms with Gasteiger partial charge in [0.25, 0.3) is 0 Å². The maximum atomic E-state index is 13.4. The van der Waals surface area contributed by atoms with Gasteiger partial charge >= 0.3 is 0 Å². The Morgan fingerprint density at radius 2 is 1.64 bits per heavy atom. The van der Waals surface area contributed by atoms with Crippen molar-refractivity contribution < 1.29 is 4.79 Å². The maximum absolute atomic E-state index is 13.4. The summed E-state index contributed by atoms with van der Waals surface area (Å²) < 4.78 is 0. The molecule has 0 saturated carbocycles. The lowest BCUT2D eigenvalue weighted by molar-refractivity contribution is -0.119.